The van der Waals surface area contributed by atoms with Gasteiger partial charge in [0.2, 0.25) is 0 Å². The van der Waals surface area contributed by atoms with Crippen LogP contribution in [0.25, 0.3) is 0 Å². The van der Waals surface area contributed by atoms with Crippen LogP contribution in [0.1, 0.15) is 15.9 Å². The first-order valence-electron chi connectivity index (χ1n) is 5.58. The monoisotopic (exact) mass is 295 g/mol. The van der Waals surface area contributed by atoms with Crippen molar-refractivity contribution < 1.29 is 9.90 Å². The van der Waals surface area contributed by atoms with Crippen molar-refractivity contribution in [3.63, 3.8) is 0 Å². The van der Waals surface area contributed by atoms with E-state index in [1.54, 1.807) is 42.5 Å². The molecule has 0 radical (unpaired) electrons. The summed E-state index contributed by atoms with van der Waals surface area (Å²) >= 11 is 12.1. The van der Waals surface area contributed by atoms with E-state index in [1.807, 2.05) is 0 Å². The number of para-hydroxylation sites is 1. The van der Waals surface area contributed by atoms with E-state index < -0.39 is 5.97 Å². The second-order valence-corrected chi connectivity index (χ2v) is 4.77. The number of anilines is 1. The molecule has 0 saturated carbocycles. The van der Waals surface area contributed by atoms with E-state index in [-0.39, 0.29) is 5.56 Å². The summed E-state index contributed by atoms with van der Waals surface area (Å²) in [5, 5.41) is 13.0. The maximum atomic E-state index is 10.7. The summed E-state index contributed by atoms with van der Waals surface area (Å²) in [6.45, 7) is 0.517. The van der Waals surface area contributed by atoms with E-state index in [9.17, 15) is 4.79 Å². The van der Waals surface area contributed by atoms with Crippen molar-refractivity contribution in [1.29, 1.82) is 0 Å². The number of carbonyl (C=O) groups is 1. The summed E-state index contributed by atoms with van der Waals surface area (Å²) in [6.07, 6.45) is 0. The molecule has 2 N–H and O–H groups in total. The SMILES string of the molecule is O=C(O)c1ccc(CNc2c(Cl)cccc2Cl)cc1. The van der Waals surface area contributed by atoms with Crippen LogP contribution in [0.3, 0.4) is 0 Å². The average Bonchev–Trinajstić information content (AvgIpc) is 2.38. The van der Waals surface area contributed by atoms with Crippen LogP contribution in [0.5, 0.6) is 0 Å². The number of rotatable bonds is 4. The van der Waals surface area contributed by atoms with Gasteiger partial charge in [0.25, 0.3) is 0 Å². The zero-order valence-electron chi connectivity index (χ0n) is 9.86. The molecule has 3 nitrogen and oxygen atoms in total. The van der Waals surface area contributed by atoms with Crippen LogP contribution in [0, 0.1) is 0 Å². The fourth-order valence-corrected chi connectivity index (χ4v) is 2.15. The lowest BCUT2D eigenvalue weighted by molar-refractivity contribution is 0.0697. The molecule has 0 saturated heterocycles. The van der Waals surface area contributed by atoms with Gasteiger partial charge in [-0.25, -0.2) is 4.79 Å². The zero-order valence-corrected chi connectivity index (χ0v) is 11.4. The molecule has 0 atom stereocenters. The van der Waals surface area contributed by atoms with Crippen molar-refractivity contribution in [2.24, 2.45) is 0 Å². The smallest absolute Gasteiger partial charge is 0.335 e. The fraction of sp³-hybridized carbons (Fsp3) is 0.0714. The summed E-state index contributed by atoms with van der Waals surface area (Å²) in [7, 11) is 0. The van der Waals surface area contributed by atoms with Gasteiger partial charge < -0.3 is 10.4 Å². The average molecular weight is 296 g/mol. The van der Waals surface area contributed by atoms with Crippen LogP contribution in [-0.2, 0) is 6.54 Å². The highest BCUT2D eigenvalue weighted by atomic mass is 35.5. The van der Waals surface area contributed by atoms with E-state index in [0.717, 1.165) is 5.56 Å². The molecule has 0 aliphatic heterocycles. The van der Waals surface area contributed by atoms with Gasteiger partial charge in [-0.15, -0.1) is 0 Å². The highest BCUT2D eigenvalue weighted by Gasteiger charge is 2.05. The molecule has 0 bridgehead atoms. The van der Waals surface area contributed by atoms with Crippen LogP contribution >= 0.6 is 23.2 Å². The standard InChI is InChI=1S/C14H11Cl2NO2/c15-11-2-1-3-12(16)13(11)17-8-9-4-6-10(7-5-9)14(18)19/h1-7,17H,8H2,(H,18,19). The molecular weight excluding hydrogens is 285 g/mol. The first kappa shape index (κ1) is 13.7. The Bertz CT molecular complexity index is 577. The second-order valence-electron chi connectivity index (χ2n) is 3.95. The van der Waals surface area contributed by atoms with Gasteiger partial charge in [-0.05, 0) is 29.8 Å². The van der Waals surface area contributed by atoms with Crippen molar-refractivity contribution in [2.75, 3.05) is 5.32 Å². The number of carboxylic acid groups (broad SMARTS) is 1. The van der Waals surface area contributed by atoms with Crippen LogP contribution in [-0.4, -0.2) is 11.1 Å². The predicted octanol–water partition coefficient (Wildman–Crippen LogP) is 4.30. The lowest BCUT2D eigenvalue weighted by atomic mass is 10.1. The number of hydrogen-bond acceptors (Lipinski definition) is 2. The van der Waals surface area contributed by atoms with Crippen molar-refractivity contribution in [2.45, 2.75) is 6.54 Å². The lowest BCUT2D eigenvalue weighted by Gasteiger charge is -2.10. The summed E-state index contributed by atoms with van der Waals surface area (Å²) in [5.74, 6) is -0.936. The number of carboxylic acids is 1. The Labute approximate surface area is 120 Å². The summed E-state index contributed by atoms with van der Waals surface area (Å²) in [6, 6.07) is 11.9. The minimum Gasteiger partial charge on any atom is -0.478 e. The van der Waals surface area contributed by atoms with Gasteiger partial charge in [-0.1, -0.05) is 41.4 Å². The molecule has 0 unspecified atom stereocenters. The molecular formula is C14H11Cl2NO2. The number of hydrogen-bond donors (Lipinski definition) is 2. The Morgan fingerprint density at radius 3 is 2.16 bits per heavy atom. The summed E-state index contributed by atoms with van der Waals surface area (Å²) < 4.78 is 0. The molecule has 0 amide bonds. The number of aromatic carboxylic acids is 1. The molecule has 2 rings (SSSR count). The van der Waals surface area contributed by atoms with Gasteiger partial charge in [0.15, 0.2) is 0 Å². The predicted molar refractivity (Wildman–Crippen MR) is 77.2 cm³/mol. The third-order valence-electron chi connectivity index (χ3n) is 2.63. The van der Waals surface area contributed by atoms with Crippen molar-refractivity contribution in [3.05, 3.63) is 63.6 Å². The van der Waals surface area contributed by atoms with Crippen molar-refractivity contribution >= 4 is 34.9 Å². The Morgan fingerprint density at radius 1 is 1.05 bits per heavy atom. The highest BCUT2D eigenvalue weighted by Crippen LogP contribution is 2.30. The Hall–Kier alpha value is -1.71. The van der Waals surface area contributed by atoms with Crippen molar-refractivity contribution in [1.82, 2.24) is 0 Å². The molecule has 0 heterocycles. The Kier molecular flexibility index (Phi) is 4.30. The molecule has 5 heteroatoms. The number of benzene rings is 2. The third kappa shape index (κ3) is 3.40. The van der Waals surface area contributed by atoms with Gasteiger partial charge >= 0.3 is 5.97 Å². The fourth-order valence-electron chi connectivity index (χ4n) is 1.62. The van der Waals surface area contributed by atoms with Crippen LogP contribution < -0.4 is 5.32 Å². The Balaban J connectivity index is 2.08. The van der Waals surface area contributed by atoms with Gasteiger partial charge in [0, 0.05) is 6.54 Å². The maximum Gasteiger partial charge on any atom is 0.335 e. The first-order valence-corrected chi connectivity index (χ1v) is 6.33. The van der Waals surface area contributed by atoms with Gasteiger partial charge in [0.05, 0.1) is 21.3 Å². The molecule has 2 aromatic carbocycles. The van der Waals surface area contributed by atoms with Crippen LogP contribution in [0.2, 0.25) is 10.0 Å². The molecule has 0 aromatic heterocycles. The summed E-state index contributed by atoms with van der Waals surface area (Å²) in [5.41, 5.74) is 1.88. The maximum absolute atomic E-state index is 10.7. The normalized spacial score (nSPS) is 10.2. The lowest BCUT2D eigenvalue weighted by Crippen LogP contribution is -2.02. The van der Waals surface area contributed by atoms with E-state index in [1.165, 1.54) is 0 Å². The van der Waals surface area contributed by atoms with E-state index >= 15 is 0 Å². The minimum absolute atomic E-state index is 0.263. The highest BCUT2D eigenvalue weighted by molar-refractivity contribution is 6.39. The Morgan fingerprint density at radius 2 is 1.63 bits per heavy atom. The number of halogens is 2. The molecule has 19 heavy (non-hydrogen) atoms. The number of nitrogens with one attached hydrogen (secondary N) is 1. The molecule has 0 aliphatic carbocycles. The largest absolute Gasteiger partial charge is 0.478 e. The quantitative estimate of drug-likeness (QED) is 0.884. The molecule has 98 valence electrons. The molecule has 0 spiro atoms. The van der Waals surface area contributed by atoms with E-state index in [0.29, 0.717) is 22.3 Å². The van der Waals surface area contributed by atoms with Gasteiger partial charge in [-0.3, -0.25) is 0 Å². The van der Waals surface area contributed by atoms with Gasteiger partial charge in [0.1, 0.15) is 0 Å². The molecule has 2 aromatic rings. The second kappa shape index (κ2) is 5.95. The van der Waals surface area contributed by atoms with E-state index in [4.69, 9.17) is 28.3 Å². The first-order chi connectivity index (χ1) is 9.08. The zero-order chi connectivity index (χ0) is 13.8. The topological polar surface area (TPSA) is 49.3 Å². The molecule has 0 aliphatic rings. The summed E-state index contributed by atoms with van der Waals surface area (Å²) in [4.78, 5) is 10.7. The van der Waals surface area contributed by atoms with Crippen LogP contribution in [0.15, 0.2) is 42.5 Å². The van der Waals surface area contributed by atoms with E-state index in [2.05, 4.69) is 5.32 Å². The van der Waals surface area contributed by atoms with Crippen molar-refractivity contribution in [3.8, 4) is 0 Å². The molecule has 0 fully saturated rings. The minimum atomic E-state index is -0.936. The van der Waals surface area contributed by atoms with Crippen LogP contribution in [0.4, 0.5) is 5.69 Å². The van der Waals surface area contributed by atoms with Gasteiger partial charge in [-0.2, -0.15) is 0 Å². The third-order valence-corrected chi connectivity index (χ3v) is 3.26.